The van der Waals surface area contributed by atoms with Crippen LogP contribution in [0, 0.1) is 0 Å². The molecular weight excluding hydrogens is 396 g/mol. The van der Waals surface area contributed by atoms with Crippen LogP contribution in [0.1, 0.15) is 43.1 Å². The van der Waals surface area contributed by atoms with Crippen molar-refractivity contribution in [2.45, 2.75) is 38.8 Å². The summed E-state index contributed by atoms with van der Waals surface area (Å²) in [6.45, 7) is 6.33. The minimum atomic E-state index is -0.969. The van der Waals surface area contributed by atoms with Crippen molar-refractivity contribution in [3.05, 3.63) is 53.7 Å². The van der Waals surface area contributed by atoms with Gasteiger partial charge in [0.25, 0.3) is 5.91 Å². The largest absolute Gasteiger partial charge is 0.386 e. The van der Waals surface area contributed by atoms with E-state index in [1.54, 1.807) is 61.0 Å². The molecule has 3 heterocycles. The van der Waals surface area contributed by atoms with Crippen LogP contribution in [0.5, 0.6) is 0 Å². The van der Waals surface area contributed by atoms with Crippen LogP contribution in [0.25, 0.3) is 5.65 Å². The molecule has 3 N–H and O–H groups in total. The minimum Gasteiger partial charge on any atom is -0.386 e. The van der Waals surface area contributed by atoms with Crippen molar-refractivity contribution in [3.63, 3.8) is 0 Å². The molecule has 0 radical (unpaired) electrons. The maximum atomic E-state index is 12.8. The summed E-state index contributed by atoms with van der Waals surface area (Å²) in [7, 11) is 0. The number of aromatic nitrogens is 3. The molecule has 1 aliphatic heterocycles. The standard InChI is InChI=1S/C22H26N6O3/c1-14(29)24-17-9-11-27(13-17)20-12-18(25-19-8-10-23-28(19)20)26-21(30)15-4-6-16(7-5-15)22(2,3)31/h4-8,10,12,17,31H,9,11,13H2,1-3H3,(H,24,29)(H,25,26,30). The molecule has 9 nitrogen and oxygen atoms in total. The van der Waals surface area contributed by atoms with Crippen LogP contribution in [0.15, 0.2) is 42.6 Å². The first-order valence-electron chi connectivity index (χ1n) is 10.2. The number of benzene rings is 1. The molecule has 31 heavy (non-hydrogen) atoms. The van der Waals surface area contributed by atoms with Gasteiger partial charge in [0.05, 0.1) is 11.8 Å². The second kappa shape index (κ2) is 7.99. The van der Waals surface area contributed by atoms with Crippen LogP contribution in [0.3, 0.4) is 0 Å². The van der Waals surface area contributed by atoms with Gasteiger partial charge in [-0.1, -0.05) is 12.1 Å². The number of hydrogen-bond acceptors (Lipinski definition) is 6. The van der Waals surface area contributed by atoms with Gasteiger partial charge in [0.15, 0.2) is 5.65 Å². The molecule has 2 aromatic heterocycles. The average Bonchev–Trinajstić information content (AvgIpc) is 3.35. The summed E-state index contributed by atoms with van der Waals surface area (Å²) in [5.41, 5.74) is 0.848. The van der Waals surface area contributed by atoms with E-state index in [4.69, 9.17) is 0 Å². The third-order valence-corrected chi connectivity index (χ3v) is 5.36. The van der Waals surface area contributed by atoms with Gasteiger partial charge in [-0.2, -0.15) is 9.61 Å². The molecule has 0 bridgehead atoms. The first-order chi connectivity index (χ1) is 14.7. The third kappa shape index (κ3) is 4.51. The molecule has 2 amide bonds. The Balaban J connectivity index is 1.56. The number of fused-ring (bicyclic) bond motifs is 1. The number of anilines is 2. The predicted octanol–water partition coefficient (Wildman–Crippen LogP) is 1.92. The lowest BCUT2D eigenvalue weighted by Gasteiger charge is -2.20. The average molecular weight is 422 g/mol. The molecule has 0 spiro atoms. The molecule has 9 heteroatoms. The highest BCUT2D eigenvalue weighted by Crippen LogP contribution is 2.25. The fraction of sp³-hybridized carbons (Fsp3) is 0.364. The van der Waals surface area contributed by atoms with Crippen LogP contribution in [0.4, 0.5) is 11.6 Å². The zero-order chi connectivity index (χ0) is 22.2. The molecular formula is C22H26N6O3. The van der Waals surface area contributed by atoms with Gasteiger partial charge in [0.2, 0.25) is 5.91 Å². The Labute approximate surface area is 180 Å². The molecule has 1 atom stereocenters. The highest BCUT2D eigenvalue weighted by molar-refractivity contribution is 6.04. The van der Waals surface area contributed by atoms with Crippen LogP contribution in [-0.4, -0.2) is 50.7 Å². The summed E-state index contributed by atoms with van der Waals surface area (Å²) in [5.74, 6) is 0.884. The smallest absolute Gasteiger partial charge is 0.256 e. The van der Waals surface area contributed by atoms with Gasteiger partial charge in [-0.3, -0.25) is 9.59 Å². The summed E-state index contributed by atoms with van der Waals surface area (Å²) in [5, 5.41) is 20.2. The topological polar surface area (TPSA) is 112 Å². The summed E-state index contributed by atoms with van der Waals surface area (Å²) in [4.78, 5) is 30.7. The zero-order valence-electron chi connectivity index (χ0n) is 17.8. The maximum Gasteiger partial charge on any atom is 0.256 e. The first-order valence-corrected chi connectivity index (χ1v) is 10.2. The molecule has 1 fully saturated rings. The van der Waals surface area contributed by atoms with Crippen molar-refractivity contribution in [3.8, 4) is 0 Å². The highest BCUT2D eigenvalue weighted by Gasteiger charge is 2.26. The number of amides is 2. The van der Waals surface area contributed by atoms with Crippen molar-refractivity contribution in [2.75, 3.05) is 23.3 Å². The number of nitrogens with one attached hydrogen (secondary N) is 2. The summed E-state index contributed by atoms with van der Waals surface area (Å²) >= 11 is 0. The fourth-order valence-electron chi connectivity index (χ4n) is 3.78. The molecule has 0 saturated carbocycles. The van der Waals surface area contributed by atoms with Gasteiger partial charge in [0.1, 0.15) is 11.6 Å². The van der Waals surface area contributed by atoms with Crippen molar-refractivity contribution in [1.82, 2.24) is 19.9 Å². The van der Waals surface area contributed by atoms with E-state index >= 15 is 0 Å². The molecule has 1 saturated heterocycles. The number of rotatable bonds is 5. The summed E-state index contributed by atoms with van der Waals surface area (Å²) < 4.78 is 1.73. The Hall–Kier alpha value is -3.46. The van der Waals surface area contributed by atoms with E-state index in [0.717, 1.165) is 24.3 Å². The Morgan fingerprint density at radius 2 is 1.94 bits per heavy atom. The number of aliphatic hydroxyl groups is 1. The summed E-state index contributed by atoms with van der Waals surface area (Å²) in [6.07, 6.45) is 2.49. The Kier molecular flexibility index (Phi) is 5.36. The molecule has 1 aliphatic rings. The van der Waals surface area contributed by atoms with Crippen LogP contribution in [0.2, 0.25) is 0 Å². The number of nitrogens with zero attached hydrogens (tertiary/aromatic N) is 4. The van der Waals surface area contributed by atoms with Crippen LogP contribution >= 0.6 is 0 Å². The zero-order valence-corrected chi connectivity index (χ0v) is 17.8. The van der Waals surface area contributed by atoms with Crippen LogP contribution < -0.4 is 15.5 Å². The van der Waals surface area contributed by atoms with Gasteiger partial charge in [-0.15, -0.1) is 0 Å². The SMILES string of the molecule is CC(=O)NC1CCN(c2cc(NC(=O)c3ccc(C(C)(C)O)cc3)nc3ccnn23)C1. The van der Waals surface area contributed by atoms with Crippen molar-refractivity contribution >= 4 is 29.1 Å². The monoisotopic (exact) mass is 422 g/mol. The minimum absolute atomic E-state index is 0.0469. The Morgan fingerprint density at radius 3 is 2.61 bits per heavy atom. The molecule has 3 aromatic rings. The molecule has 1 aromatic carbocycles. The quantitative estimate of drug-likeness (QED) is 0.579. The van der Waals surface area contributed by atoms with E-state index in [2.05, 4.69) is 25.6 Å². The van der Waals surface area contributed by atoms with Gasteiger partial charge in [-0.25, -0.2) is 4.98 Å². The van der Waals surface area contributed by atoms with Gasteiger partial charge in [-0.05, 0) is 38.0 Å². The second-order valence-electron chi connectivity index (χ2n) is 8.32. The summed E-state index contributed by atoms with van der Waals surface area (Å²) in [6, 6.07) is 10.5. The lowest BCUT2D eigenvalue weighted by molar-refractivity contribution is -0.119. The Morgan fingerprint density at radius 1 is 1.19 bits per heavy atom. The van der Waals surface area contributed by atoms with Crippen molar-refractivity contribution < 1.29 is 14.7 Å². The number of carbonyl (C=O) groups excluding carboxylic acids is 2. The van der Waals surface area contributed by atoms with Gasteiger partial charge < -0.3 is 20.6 Å². The van der Waals surface area contributed by atoms with E-state index in [1.165, 1.54) is 6.92 Å². The molecule has 162 valence electrons. The third-order valence-electron chi connectivity index (χ3n) is 5.36. The number of hydrogen-bond donors (Lipinski definition) is 3. The molecule has 1 unspecified atom stereocenters. The van der Waals surface area contributed by atoms with E-state index < -0.39 is 5.60 Å². The predicted molar refractivity (Wildman–Crippen MR) is 117 cm³/mol. The van der Waals surface area contributed by atoms with Crippen molar-refractivity contribution in [2.24, 2.45) is 0 Å². The van der Waals surface area contributed by atoms with E-state index in [0.29, 0.717) is 23.6 Å². The highest BCUT2D eigenvalue weighted by atomic mass is 16.3. The van der Waals surface area contributed by atoms with Gasteiger partial charge >= 0.3 is 0 Å². The van der Waals surface area contributed by atoms with E-state index in [9.17, 15) is 14.7 Å². The first kappa shape index (κ1) is 20.8. The molecule has 0 aliphatic carbocycles. The fourth-order valence-corrected chi connectivity index (χ4v) is 3.78. The van der Waals surface area contributed by atoms with E-state index in [-0.39, 0.29) is 17.9 Å². The lowest BCUT2D eigenvalue weighted by atomic mass is 9.97. The number of carbonyl (C=O) groups is 2. The normalized spacial score (nSPS) is 16.5. The molecule has 4 rings (SSSR count). The van der Waals surface area contributed by atoms with Crippen LogP contribution in [-0.2, 0) is 10.4 Å². The Bertz CT molecular complexity index is 1120. The van der Waals surface area contributed by atoms with E-state index in [1.807, 2.05) is 0 Å². The van der Waals surface area contributed by atoms with Crippen molar-refractivity contribution in [1.29, 1.82) is 0 Å². The lowest BCUT2D eigenvalue weighted by Crippen LogP contribution is -2.36. The second-order valence-corrected chi connectivity index (χ2v) is 8.32. The van der Waals surface area contributed by atoms with Gasteiger partial charge in [0, 0.05) is 43.8 Å². The maximum absolute atomic E-state index is 12.8.